The third-order valence-corrected chi connectivity index (χ3v) is 2.46. The Balaban J connectivity index is 2.95. The maximum atomic E-state index is 8.87. The lowest BCUT2D eigenvalue weighted by Gasteiger charge is -2.10. The molecule has 0 aliphatic carbocycles. The molecule has 0 aliphatic heterocycles. The fourth-order valence-corrected chi connectivity index (χ4v) is 1.45. The van der Waals surface area contributed by atoms with Gasteiger partial charge in [-0.1, -0.05) is 6.08 Å². The highest BCUT2D eigenvalue weighted by molar-refractivity contribution is 5.93. The van der Waals surface area contributed by atoms with Gasteiger partial charge in [0.25, 0.3) is 0 Å². The Morgan fingerprint density at radius 3 is 2.31 bits per heavy atom. The van der Waals surface area contributed by atoms with E-state index in [2.05, 4.69) is 6.07 Å². The van der Waals surface area contributed by atoms with Crippen LogP contribution in [0.2, 0.25) is 0 Å². The van der Waals surface area contributed by atoms with E-state index in [9.17, 15) is 0 Å². The van der Waals surface area contributed by atoms with Crippen molar-refractivity contribution in [3.8, 4) is 6.07 Å². The summed E-state index contributed by atoms with van der Waals surface area (Å²) in [4.78, 5) is 0. The van der Waals surface area contributed by atoms with Crippen molar-refractivity contribution in [2.24, 2.45) is 5.41 Å². The van der Waals surface area contributed by atoms with Gasteiger partial charge in [0.1, 0.15) is 5.84 Å². The predicted octanol–water partition coefficient (Wildman–Crippen LogP) is 3.04. The molecule has 1 aromatic rings. The van der Waals surface area contributed by atoms with Crippen LogP contribution in [0.3, 0.4) is 0 Å². The smallest absolute Gasteiger partial charge is 0.128 e. The number of rotatable bonds is 2. The number of hydrogen-bond donors (Lipinski definition) is 1. The highest BCUT2D eigenvalue weighted by Gasteiger charge is 2.12. The molecule has 0 spiro atoms. The Morgan fingerprint density at radius 2 is 1.88 bits per heavy atom. The van der Waals surface area contributed by atoms with E-state index in [1.165, 1.54) is 0 Å². The summed E-state index contributed by atoms with van der Waals surface area (Å²) in [5.74, 6) is 0.392. The molecule has 1 N–H and O–H groups in total. The number of nitrogens with one attached hydrogen (secondary N) is 1. The van der Waals surface area contributed by atoms with Crippen LogP contribution in [0, 0.1) is 36.0 Å². The first-order valence-electron chi connectivity index (χ1n) is 5.22. The standard InChI is InChI=1S/C13H17N3/c1-10-5-6-11(2)16(10)12(15)7-8-13(3,4)9-14/h5-8,15H,1-4H3. The van der Waals surface area contributed by atoms with Gasteiger partial charge in [-0.15, -0.1) is 0 Å². The topological polar surface area (TPSA) is 52.6 Å². The second kappa shape index (κ2) is 4.36. The summed E-state index contributed by atoms with van der Waals surface area (Å²) in [5, 5.41) is 16.8. The first-order valence-corrected chi connectivity index (χ1v) is 5.22. The summed E-state index contributed by atoms with van der Waals surface area (Å²) in [5.41, 5.74) is 1.53. The van der Waals surface area contributed by atoms with E-state index in [-0.39, 0.29) is 0 Å². The van der Waals surface area contributed by atoms with Crippen molar-refractivity contribution in [1.29, 1.82) is 10.7 Å². The van der Waals surface area contributed by atoms with Gasteiger partial charge >= 0.3 is 0 Å². The van der Waals surface area contributed by atoms with Gasteiger partial charge in [-0.25, -0.2) is 0 Å². The summed E-state index contributed by atoms with van der Waals surface area (Å²) in [6.45, 7) is 7.58. The largest absolute Gasteiger partial charge is 0.304 e. The fourth-order valence-electron chi connectivity index (χ4n) is 1.45. The molecule has 0 aliphatic rings. The molecule has 0 fully saturated rings. The molecule has 0 atom stereocenters. The van der Waals surface area contributed by atoms with Crippen LogP contribution in [-0.4, -0.2) is 10.4 Å². The predicted molar refractivity (Wildman–Crippen MR) is 65.6 cm³/mol. The molecule has 3 nitrogen and oxygen atoms in total. The number of aryl methyl sites for hydroxylation is 2. The van der Waals surface area contributed by atoms with Crippen LogP contribution in [-0.2, 0) is 0 Å². The Labute approximate surface area is 96.5 Å². The molecule has 0 radical (unpaired) electrons. The first kappa shape index (κ1) is 12.3. The molecule has 0 unspecified atom stereocenters. The molecule has 16 heavy (non-hydrogen) atoms. The maximum Gasteiger partial charge on any atom is 0.128 e. The van der Waals surface area contributed by atoms with E-state index in [0.717, 1.165) is 11.4 Å². The quantitative estimate of drug-likeness (QED) is 0.598. The van der Waals surface area contributed by atoms with E-state index in [4.69, 9.17) is 10.7 Å². The van der Waals surface area contributed by atoms with Crippen molar-refractivity contribution in [1.82, 2.24) is 4.57 Å². The van der Waals surface area contributed by atoms with Gasteiger partial charge in [0.15, 0.2) is 0 Å². The van der Waals surface area contributed by atoms with Crippen molar-refractivity contribution < 1.29 is 0 Å². The molecule has 0 saturated heterocycles. The Bertz CT molecular complexity index is 450. The van der Waals surface area contributed by atoms with Crippen molar-refractivity contribution in [2.45, 2.75) is 27.7 Å². The van der Waals surface area contributed by atoms with Gasteiger partial charge in [-0.2, -0.15) is 5.26 Å². The average molecular weight is 215 g/mol. The van der Waals surface area contributed by atoms with Crippen LogP contribution in [0.15, 0.2) is 24.3 Å². The van der Waals surface area contributed by atoms with Gasteiger partial charge in [0.05, 0.1) is 11.5 Å². The van der Waals surface area contributed by atoms with Crippen LogP contribution < -0.4 is 0 Å². The molecule has 0 aromatic carbocycles. The summed E-state index contributed by atoms with van der Waals surface area (Å²) < 4.78 is 1.85. The number of hydrogen-bond acceptors (Lipinski definition) is 2. The van der Waals surface area contributed by atoms with Crippen LogP contribution in [0.25, 0.3) is 0 Å². The minimum atomic E-state index is -0.527. The van der Waals surface area contributed by atoms with Crippen molar-refractivity contribution in [3.63, 3.8) is 0 Å². The maximum absolute atomic E-state index is 8.87. The minimum Gasteiger partial charge on any atom is -0.304 e. The van der Waals surface area contributed by atoms with E-state index in [1.54, 1.807) is 12.2 Å². The second-order valence-electron chi connectivity index (χ2n) is 4.50. The molecule has 0 amide bonds. The lowest BCUT2D eigenvalue weighted by molar-refractivity contribution is 0.644. The molecular weight excluding hydrogens is 198 g/mol. The molecule has 0 saturated carbocycles. The van der Waals surface area contributed by atoms with Crippen molar-refractivity contribution in [3.05, 3.63) is 35.7 Å². The van der Waals surface area contributed by atoms with E-state index < -0.39 is 5.41 Å². The molecule has 1 heterocycles. The highest BCUT2D eigenvalue weighted by Crippen LogP contribution is 2.15. The number of allylic oxidation sites excluding steroid dienone is 2. The summed E-state index contributed by atoms with van der Waals surface area (Å²) in [7, 11) is 0. The molecule has 0 bridgehead atoms. The molecule has 3 heteroatoms. The fraction of sp³-hybridized carbons (Fsp3) is 0.385. The molecule has 84 valence electrons. The monoisotopic (exact) mass is 215 g/mol. The normalized spacial score (nSPS) is 11.7. The zero-order valence-corrected chi connectivity index (χ0v) is 10.2. The summed E-state index contributed by atoms with van der Waals surface area (Å²) in [6.07, 6.45) is 3.44. The SMILES string of the molecule is Cc1ccc(C)n1C(=N)C=CC(C)(C)C#N. The Morgan fingerprint density at radius 1 is 1.38 bits per heavy atom. The lowest BCUT2D eigenvalue weighted by atomic mass is 9.95. The number of nitrogens with zero attached hydrogens (tertiary/aromatic N) is 2. The van der Waals surface area contributed by atoms with E-state index >= 15 is 0 Å². The summed E-state index contributed by atoms with van der Waals surface area (Å²) >= 11 is 0. The second-order valence-corrected chi connectivity index (χ2v) is 4.50. The Hall–Kier alpha value is -1.82. The number of nitriles is 1. The average Bonchev–Trinajstić information content (AvgIpc) is 2.55. The van der Waals surface area contributed by atoms with Gasteiger partial charge < -0.3 is 4.57 Å². The highest BCUT2D eigenvalue weighted by atomic mass is 15.0. The lowest BCUT2D eigenvalue weighted by Crippen LogP contribution is -2.12. The molecule has 1 aromatic heterocycles. The van der Waals surface area contributed by atoms with Crippen LogP contribution in [0.5, 0.6) is 0 Å². The number of aromatic nitrogens is 1. The summed E-state index contributed by atoms with van der Waals surface area (Å²) in [6, 6.07) is 6.14. The first-order chi connectivity index (χ1) is 7.37. The molecular formula is C13H17N3. The van der Waals surface area contributed by atoms with Gasteiger partial charge in [-0.3, -0.25) is 5.41 Å². The molecule has 1 rings (SSSR count). The minimum absolute atomic E-state index is 0.392. The van der Waals surface area contributed by atoms with Gasteiger partial charge in [-0.05, 0) is 45.9 Å². The van der Waals surface area contributed by atoms with E-state index in [0.29, 0.717) is 5.84 Å². The van der Waals surface area contributed by atoms with Crippen molar-refractivity contribution >= 4 is 5.84 Å². The van der Waals surface area contributed by atoms with Crippen molar-refractivity contribution in [2.75, 3.05) is 0 Å². The van der Waals surface area contributed by atoms with Crippen LogP contribution in [0.1, 0.15) is 25.2 Å². The van der Waals surface area contributed by atoms with E-state index in [1.807, 2.05) is 44.4 Å². The van der Waals surface area contributed by atoms with Crippen LogP contribution in [0.4, 0.5) is 0 Å². The Kier molecular flexibility index (Phi) is 3.34. The zero-order valence-electron chi connectivity index (χ0n) is 10.2. The van der Waals surface area contributed by atoms with Gasteiger partial charge in [0.2, 0.25) is 0 Å². The third-order valence-electron chi connectivity index (χ3n) is 2.46. The third kappa shape index (κ3) is 2.60. The van der Waals surface area contributed by atoms with Crippen LogP contribution >= 0.6 is 0 Å². The zero-order chi connectivity index (χ0) is 12.3. The van der Waals surface area contributed by atoms with Gasteiger partial charge in [0, 0.05) is 11.4 Å².